The number of allylic oxidation sites excluding steroid dienone is 2. The van der Waals surface area contributed by atoms with Gasteiger partial charge in [0.15, 0.2) is 5.78 Å². The Morgan fingerprint density at radius 3 is 2.70 bits per heavy atom. The van der Waals surface area contributed by atoms with Crippen LogP contribution in [-0.2, 0) is 9.59 Å². The molecule has 0 spiro atoms. The maximum atomic E-state index is 12.6. The van der Waals surface area contributed by atoms with E-state index < -0.39 is 0 Å². The molecule has 1 aromatic carbocycles. The van der Waals surface area contributed by atoms with Gasteiger partial charge < -0.3 is 4.74 Å². The standard InChI is InChI=1S/C18H22N2O3/c1-19(2)20-15-8-5-9-16(21)18(15)14(11-17(20)22)12-6-4-7-13(10-12)23-3/h4,6-7,10,14H,5,8-9,11H2,1-3H3/t14-/m1/s1. The van der Waals surface area contributed by atoms with E-state index >= 15 is 0 Å². The number of hydrogen-bond donors (Lipinski definition) is 0. The quantitative estimate of drug-likeness (QED) is 0.860. The molecule has 1 aliphatic heterocycles. The number of ether oxygens (including phenoxy) is 1. The number of amides is 1. The van der Waals surface area contributed by atoms with Gasteiger partial charge in [-0.25, -0.2) is 10.0 Å². The lowest BCUT2D eigenvalue weighted by atomic mass is 9.77. The zero-order valence-corrected chi connectivity index (χ0v) is 13.8. The zero-order valence-electron chi connectivity index (χ0n) is 13.8. The van der Waals surface area contributed by atoms with Crippen molar-refractivity contribution in [2.45, 2.75) is 31.6 Å². The van der Waals surface area contributed by atoms with E-state index in [0.29, 0.717) is 12.8 Å². The summed E-state index contributed by atoms with van der Waals surface area (Å²) in [5, 5.41) is 3.45. The Labute approximate surface area is 136 Å². The molecule has 2 aliphatic rings. The Morgan fingerprint density at radius 1 is 1.22 bits per heavy atom. The molecule has 3 rings (SSSR count). The zero-order chi connectivity index (χ0) is 16.6. The number of rotatable bonds is 3. The van der Waals surface area contributed by atoms with Crippen LogP contribution in [0.2, 0.25) is 0 Å². The van der Waals surface area contributed by atoms with Crippen molar-refractivity contribution < 1.29 is 14.3 Å². The summed E-state index contributed by atoms with van der Waals surface area (Å²) >= 11 is 0. The third kappa shape index (κ3) is 2.77. The molecule has 1 atom stereocenters. The van der Waals surface area contributed by atoms with Crippen LogP contribution in [0.1, 0.15) is 37.2 Å². The van der Waals surface area contributed by atoms with Crippen LogP contribution in [0.4, 0.5) is 0 Å². The smallest absolute Gasteiger partial charge is 0.242 e. The molecule has 0 unspecified atom stereocenters. The van der Waals surface area contributed by atoms with E-state index in [-0.39, 0.29) is 17.6 Å². The minimum absolute atomic E-state index is 0.0382. The van der Waals surface area contributed by atoms with Gasteiger partial charge in [0.2, 0.25) is 5.91 Å². The molecule has 0 saturated heterocycles. The highest BCUT2D eigenvalue weighted by atomic mass is 16.5. The third-order valence-corrected chi connectivity index (χ3v) is 4.54. The third-order valence-electron chi connectivity index (χ3n) is 4.54. The van der Waals surface area contributed by atoms with Crippen LogP contribution < -0.4 is 4.74 Å². The molecule has 0 aromatic heterocycles. The lowest BCUT2D eigenvalue weighted by Crippen LogP contribution is -2.47. The largest absolute Gasteiger partial charge is 0.497 e. The molecule has 0 bridgehead atoms. The number of hydrogen-bond acceptors (Lipinski definition) is 4. The second kappa shape index (κ2) is 6.16. The van der Waals surface area contributed by atoms with Crippen LogP contribution in [0.3, 0.4) is 0 Å². The monoisotopic (exact) mass is 314 g/mol. The Bertz CT molecular complexity index is 679. The van der Waals surface area contributed by atoms with Gasteiger partial charge in [-0.3, -0.25) is 9.59 Å². The molecule has 1 aromatic rings. The van der Waals surface area contributed by atoms with Crippen LogP contribution >= 0.6 is 0 Å². The lowest BCUT2D eigenvalue weighted by Gasteiger charge is -2.41. The number of Topliss-reactive ketones (excluding diaryl/α,β-unsaturated/α-hetero) is 1. The van der Waals surface area contributed by atoms with E-state index in [0.717, 1.165) is 35.4 Å². The van der Waals surface area contributed by atoms with E-state index in [4.69, 9.17) is 4.74 Å². The predicted molar refractivity (Wildman–Crippen MR) is 86.8 cm³/mol. The first kappa shape index (κ1) is 15.7. The minimum atomic E-state index is -0.170. The second-order valence-electron chi connectivity index (χ2n) is 6.22. The number of nitrogens with zero attached hydrogens (tertiary/aromatic N) is 2. The molecule has 23 heavy (non-hydrogen) atoms. The molecule has 0 saturated carbocycles. The van der Waals surface area contributed by atoms with Crippen LogP contribution in [-0.4, -0.2) is 42.9 Å². The molecule has 0 N–H and O–H groups in total. The number of hydrazine groups is 1. The highest BCUT2D eigenvalue weighted by Gasteiger charge is 2.40. The van der Waals surface area contributed by atoms with Crippen molar-refractivity contribution in [3.8, 4) is 5.75 Å². The Kier molecular flexibility index (Phi) is 4.22. The van der Waals surface area contributed by atoms with Gasteiger partial charge >= 0.3 is 0 Å². The van der Waals surface area contributed by atoms with Crippen molar-refractivity contribution in [1.82, 2.24) is 10.0 Å². The fourth-order valence-electron chi connectivity index (χ4n) is 3.58. The van der Waals surface area contributed by atoms with Crippen LogP contribution in [0, 0.1) is 0 Å². The van der Waals surface area contributed by atoms with Gasteiger partial charge in [-0.15, -0.1) is 0 Å². The SMILES string of the molecule is COc1cccc([C@H]2CC(=O)N(N(C)C)C3=C2C(=O)CCC3)c1. The number of methoxy groups -OCH3 is 1. The van der Waals surface area contributed by atoms with E-state index in [1.165, 1.54) is 0 Å². The molecular formula is C18H22N2O3. The molecule has 1 heterocycles. The Balaban J connectivity index is 2.11. The Morgan fingerprint density at radius 2 is 2.00 bits per heavy atom. The van der Waals surface area contributed by atoms with Crippen LogP contribution in [0.5, 0.6) is 5.75 Å². The van der Waals surface area contributed by atoms with Crippen LogP contribution in [0.25, 0.3) is 0 Å². The lowest BCUT2D eigenvalue weighted by molar-refractivity contribution is -0.143. The van der Waals surface area contributed by atoms with E-state index in [9.17, 15) is 9.59 Å². The summed E-state index contributed by atoms with van der Waals surface area (Å²) in [6.07, 6.45) is 2.45. The van der Waals surface area contributed by atoms with Gasteiger partial charge in [-0.05, 0) is 30.5 Å². The van der Waals surface area contributed by atoms with E-state index in [1.54, 1.807) is 17.1 Å². The maximum Gasteiger partial charge on any atom is 0.242 e. The highest BCUT2D eigenvalue weighted by molar-refractivity contribution is 6.01. The first-order chi connectivity index (χ1) is 11.0. The topological polar surface area (TPSA) is 49.9 Å². The molecule has 0 fully saturated rings. The summed E-state index contributed by atoms with van der Waals surface area (Å²) in [6, 6.07) is 7.68. The molecule has 0 radical (unpaired) electrons. The number of carbonyl (C=O) groups is 2. The van der Waals surface area contributed by atoms with Crippen molar-refractivity contribution in [2.75, 3.05) is 21.2 Å². The molecular weight excluding hydrogens is 292 g/mol. The average molecular weight is 314 g/mol. The van der Waals surface area contributed by atoms with Crippen molar-refractivity contribution in [3.05, 3.63) is 41.1 Å². The molecule has 122 valence electrons. The van der Waals surface area contributed by atoms with Gasteiger partial charge in [0, 0.05) is 44.1 Å². The van der Waals surface area contributed by atoms with Gasteiger partial charge in [0.25, 0.3) is 0 Å². The fraction of sp³-hybridized carbons (Fsp3) is 0.444. The summed E-state index contributed by atoms with van der Waals surface area (Å²) in [7, 11) is 5.30. The van der Waals surface area contributed by atoms with Crippen molar-refractivity contribution in [3.63, 3.8) is 0 Å². The first-order valence-electron chi connectivity index (χ1n) is 7.93. The summed E-state index contributed by atoms with van der Waals surface area (Å²) < 4.78 is 5.29. The summed E-state index contributed by atoms with van der Waals surface area (Å²) in [5.74, 6) is 0.779. The molecule has 5 nitrogen and oxygen atoms in total. The summed E-state index contributed by atoms with van der Waals surface area (Å²) in [4.78, 5) is 25.2. The van der Waals surface area contributed by atoms with Gasteiger partial charge in [0.1, 0.15) is 5.75 Å². The number of carbonyl (C=O) groups excluding carboxylic acids is 2. The number of ketones is 1. The molecule has 1 amide bonds. The van der Waals surface area contributed by atoms with Crippen molar-refractivity contribution in [2.24, 2.45) is 0 Å². The van der Waals surface area contributed by atoms with Gasteiger partial charge in [0.05, 0.1) is 7.11 Å². The highest BCUT2D eigenvalue weighted by Crippen LogP contribution is 2.42. The Hall–Kier alpha value is -2.14. The minimum Gasteiger partial charge on any atom is -0.497 e. The van der Waals surface area contributed by atoms with Crippen LogP contribution in [0.15, 0.2) is 35.5 Å². The predicted octanol–water partition coefficient (Wildman–Crippen LogP) is 2.49. The van der Waals surface area contributed by atoms with E-state index in [1.807, 2.05) is 38.4 Å². The molecule has 1 aliphatic carbocycles. The summed E-state index contributed by atoms with van der Waals surface area (Å²) in [6.45, 7) is 0. The van der Waals surface area contributed by atoms with Gasteiger partial charge in [-0.1, -0.05) is 12.1 Å². The first-order valence-corrected chi connectivity index (χ1v) is 7.93. The normalized spacial score (nSPS) is 21.7. The maximum absolute atomic E-state index is 12.6. The van der Waals surface area contributed by atoms with Gasteiger partial charge in [-0.2, -0.15) is 0 Å². The second-order valence-corrected chi connectivity index (χ2v) is 6.22. The molecule has 5 heteroatoms. The van der Waals surface area contributed by atoms with Crippen molar-refractivity contribution >= 4 is 11.7 Å². The van der Waals surface area contributed by atoms with E-state index in [2.05, 4.69) is 0 Å². The fourth-order valence-corrected chi connectivity index (χ4v) is 3.58. The summed E-state index contributed by atoms with van der Waals surface area (Å²) in [5.41, 5.74) is 2.65. The average Bonchev–Trinajstić information content (AvgIpc) is 2.53. The van der Waals surface area contributed by atoms with Crippen molar-refractivity contribution in [1.29, 1.82) is 0 Å². The number of benzene rings is 1.